The van der Waals surface area contributed by atoms with Crippen LogP contribution in [0.25, 0.3) is 11.2 Å². The maximum atomic E-state index is 4.45. The van der Waals surface area contributed by atoms with E-state index < -0.39 is 0 Å². The van der Waals surface area contributed by atoms with Crippen molar-refractivity contribution in [1.82, 2.24) is 25.1 Å². The molecule has 2 aromatic heterocycles. The molecule has 0 bridgehead atoms. The van der Waals surface area contributed by atoms with Crippen molar-refractivity contribution in [1.29, 1.82) is 0 Å². The fourth-order valence-electron chi connectivity index (χ4n) is 3.33. The summed E-state index contributed by atoms with van der Waals surface area (Å²) in [5.41, 5.74) is 4.16. The maximum absolute atomic E-state index is 4.45. The molecule has 1 fully saturated rings. The number of aromatic amines is 1. The van der Waals surface area contributed by atoms with Crippen LogP contribution in [0.1, 0.15) is 30.0 Å². The van der Waals surface area contributed by atoms with Crippen molar-refractivity contribution in [3.05, 3.63) is 54.0 Å². The molecular formula is C17H19N5. The Balaban J connectivity index is 1.53. The van der Waals surface area contributed by atoms with Crippen molar-refractivity contribution in [3.63, 3.8) is 0 Å². The van der Waals surface area contributed by atoms with Crippen molar-refractivity contribution in [2.24, 2.45) is 0 Å². The summed E-state index contributed by atoms with van der Waals surface area (Å²) in [6, 6.07) is 10.7. The highest BCUT2D eigenvalue weighted by atomic mass is 15.2. The van der Waals surface area contributed by atoms with Crippen LogP contribution >= 0.6 is 0 Å². The van der Waals surface area contributed by atoms with E-state index >= 15 is 0 Å². The molecule has 3 heterocycles. The molecule has 4 rings (SSSR count). The monoisotopic (exact) mass is 293 g/mol. The number of nitrogens with one attached hydrogen (secondary N) is 1. The van der Waals surface area contributed by atoms with E-state index in [1.807, 2.05) is 0 Å². The van der Waals surface area contributed by atoms with Gasteiger partial charge in [-0.15, -0.1) is 0 Å². The quantitative estimate of drug-likeness (QED) is 0.806. The van der Waals surface area contributed by atoms with Crippen molar-refractivity contribution in [2.75, 3.05) is 13.1 Å². The van der Waals surface area contributed by atoms with Gasteiger partial charge in [-0.05, 0) is 24.9 Å². The average Bonchev–Trinajstić information content (AvgIpc) is 3.00. The number of rotatable bonds is 3. The summed E-state index contributed by atoms with van der Waals surface area (Å²) < 4.78 is 0. The van der Waals surface area contributed by atoms with Crippen LogP contribution in [0.5, 0.6) is 0 Å². The fourth-order valence-corrected chi connectivity index (χ4v) is 3.33. The summed E-state index contributed by atoms with van der Waals surface area (Å²) in [5, 5.41) is 7.45. The van der Waals surface area contributed by atoms with E-state index in [0.29, 0.717) is 5.92 Å². The Morgan fingerprint density at radius 3 is 2.91 bits per heavy atom. The van der Waals surface area contributed by atoms with Crippen LogP contribution in [0.2, 0.25) is 0 Å². The normalized spacial score (nSPS) is 19.5. The van der Waals surface area contributed by atoms with Gasteiger partial charge in [-0.1, -0.05) is 30.3 Å². The molecule has 3 aromatic rings. The number of nitrogens with zero attached hydrogens (tertiary/aromatic N) is 4. The molecule has 1 atom stereocenters. The first kappa shape index (κ1) is 13.4. The van der Waals surface area contributed by atoms with Gasteiger partial charge in [-0.25, -0.2) is 9.97 Å². The fraction of sp³-hybridized carbons (Fsp3) is 0.353. The van der Waals surface area contributed by atoms with Gasteiger partial charge in [-0.3, -0.25) is 10.00 Å². The van der Waals surface area contributed by atoms with Crippen LogP contribution in [-0.4, -0.2) is 38.2 Å². The first-order valence-electron chi connectivity index (χ1n) is 7.81. The Bertz CT molecular complexity index is 752. The number of likely N-dealkylation sites (tertiary alicyclic amines) is 1. The van der Waals surface area contributed by atoms with Crippen LogP contribution in [0.4, 0.5) is 0 Å². The zero-order chi connectivity index (χ0) is 14.8. The summed E-state index contributed by atoms with van der Waals surface area (Å²) >= 11 is 0. The number of benzene rings is 1. The Morgan fingerprint density at radius 1 is 1.14 bits per heavy atom. The van der Waals surface area contributed by atoms with Gasteiger partial charge in [0.15, 0.2) is 5.65 Å². The molecule has 0 radical (unpaired) electrons. The van der Waals surface area contributed by atoms with E-state index in [9.17, 15) is 0 Å². The predicted molar refractivity (Wildman–Crippen MR) is 85.4 cm³/mol. The Morgan fingerprint density at radius 2 is 2.00 bits per heavy atom. The number of hydrogen-bond donors (Lipinski definition) is 1. The van der Waals surface area contributed by atoms with E-state index in [4.69, 9.17) is 0 Å². The third kappa shape index (κ3) is 2.60. The first-order chi connectivity index (χ1) is 10.9. The number of hydrogen-bond acceptors (Lipinski definition) is 4. The number of fused-ring (bicyclic) bond motifs is 1. The molecule has 0 amide bonds. The van der Waals surface area contributed by atoms with Gasteiger partial charge < -0.3 is 0 Å². The smallest absolute Gasteiger partial charge is 0.199 e. The third-order valence-corrected chi connectivity index (χ3v) is 4.38. The van der Waals surface area contributed by atoms with Crippen molar-refractivity contribution in [3.8, 4) is 0 Å². The van der Waals surface area contributed by atoms with Gasteiger partial charge in [0.2, 0.25) is 0 Å². The van der Waals surface area contributed by atoms with Gasteiger partial charge >= 0.3 is 0 Å². The summed E-state index contributed by atoms with van der Waals surface area (Å²) in [7, 11) is 0. The molecule has 1 saturated heterocycles. The largest absolute Gasteiger partial charge is 0.298 e. The number of piperidine rings is 1. The van der Waals surface area contributed by atoms with E-state index in [-0.39, 0.29) is 0 Å². The lowest BCUT2D eigenvalue weighted by Crippen LogP contribution is -2.34. The molecule has 0 unspecified atom stereocenters. The molecule has 22 heavy (non-hydrogen) atoms. The Hall–Kier alpha value is -2.27. The number of aromatic nitrogens is 4. The molecule has 0 aliphatic carbocycles. The molecule has 5 heteroatoms. The van der Waals surface area contributed by atoms with Gasteiger partial charge in [0.05, 0.1) is 5.69 Å². The van der Waals surface area contributed by atoms with Gasteiger partial charge in [0.1, 0.15) is 5.52 Å². The lowest BCUT2D eigenvalue weighted by atomic mass is 9.94. The van der Waals surface area contributed by atoms with Crippen LogP contribution in [-0.2, 0) is 6.54 Å². The summed E-state index contributed by atoms with van der Waals surface area (Å²) in [4.78, 5) is 11.2. The molecule has 5 nitrogen and oxygen atoms in total. The second-order valence-electron chi connectivity index (χ2n) is 5.93. The summed E-state index contributed by atoms with van der Waals surface area (Å²) in [6.45, 7) is 3.21. The van der Waals surface area contributed by atoms with E-state index in [1.165, 1.54) is 18.4 Å². The van der Waals surface area contributed by atoms with Gasteiger partial charge in [0, 0.05) is 31.4 Å². The van der Waals surface area contributed by atoms with Crippen LogP contribution in [0, 0.1) is 0 Å². The number of H-pyrrole nitrogens is 1. The molecule has 1 N–H and O–H groups in total. The first-order valence-corrected chi connectivity index (χ1v) is 7.81. The predicted octanol–water partition coefficient (Wildman–Crippen LogP) is 2.73. The molecule has 1 aliphatic heterocycles. The van der Waals surface area contributed by atoms with Crippen molar-refractivity contribution >= 4 is 11.2 Å². The summed E-state index contributed by atoms with van der Waals surface area (Å²) in [6.07, 6.45) is 5.82. The highest BCUT2D eigenvalue weighted by molar-refractivity contribution is 5.72. The van der Waals surface area contributed by atoms with Gasteiger partial charge in [0.25, 0.3) is 0 Å². The Labute approximate surface area is 129 Å². The third-order valence-electron chi connectivity index (χ3n) is 4.38. The SMILES string of the molecule is c1ccc(CN2CCC[C@H](c3[nH]nc4nccnc34)C2)cc1. The molecule has 1 aliphatic rings. The second kappa shape index (κ2) is 5.85. The van der Waals surface area contributed by atoms with E-state index in [0.717, 1.165) is 36.5 Å². The lowest BCUT2D eigenvalue weighted by Gasteiger charge is -2.32. The molecule has 0 spiro atoms. The lowest BCUT2D eigenvalue weighted by molar-refractivity contribution is 0.199. The minimum Gasteiger partial charge on any atom is -0.298 e. The molecule has 1 aromatic carbocycles. The highest BCUT2D eigenvalue weighted by Crippen LogP contribution is 2.29. The molecule has 0 saturated carbocycles. The van der Waals surface area contributed by atoms with Crippen molar-refractivity contribution < 1.29 is 0 Å². The Kier molecular flexibility index (Phi) is 3.56. The summed E-state index contributed by atoms with van der Waals surface area (Å²) in [5.74, 6) is 0.458. The second-order valence-corrected chi connectivity index (χ2v) is 5.93. The maximum Gasteiger partial charge on any atom is 0.199 e. The van der Waals surface area contributed by atoms with Crippen molar-refractivity contribution in [2.45, 2.75) is 25.3 Å². The molecular weight excluding hydrogens is 274 g/mol. The molecule has 112 valence electrons. The highest BCUT2D eigenvalue weighted by Gasteiger charge is 2.25. The zero-order valence-corrected chi connectivity index (χ0v) is 12.4. The van der Waals surface area contributed by atoms with E-state index in [2.05, 4.69) is 55.4 Å². The van der Waals surface area contributed by atoms with Gasteiger partial charge in [-0.2, -0.15) is 5.10 Å². The zero-order valence-electron chi connectivity index (χ0n) is 12.4. The van der Waals surface area contributed by atoms with Crippen LogP contribution < -0.4 is 0 Å². The average molecular weight is 293 g/mol. The minimum atomic E-state index is 0.458. The van der Waals surface area contributed by atoms with Crippen LogP contribution in [0.3, 0.4) is 0 Å². The van der Waals surface area contributed by atoms with Crippen LogP contribution in [0.15, 0.2) is 42.7 Å². The topological polar surface area (TPSA) is 57.7 Å². The standard InChI is InChI=1S/C17H19N5/c1-2-5-13(6-3-1)11-22-10-4-7-14(12-22)15-16-17(21-20-15)19-9-8-18-16/h1-3,5-6,8-9,14H,4,7,10-12H2,(H,19,20,21)/t14-/m0/s1. The minimum absolute atomic E-state index is 0.458. The van der Waals surface area contributed by atoms with E-state index in [1.54, 1.807) is 12.4 Å².